The molecule has 0 aliphatic rings. The average molecular weight is 459 g/mol. The van der Waals surface area contributed by atoms with Crippen molar-refractivity contribution >= 4 is 59.1 Å². The molecule has 18 heavy (non-hydrogen) atoms. The molecule has 1 aromatic carbocycles. The van der Waals surface area contributed by atoms with Crippen molar-refractivity contribution in [3.8, 4) is 5.75 Å². The summed E-state index contributed by atoms with van der Waals surface area (Å²) < 4.78 is 20.4. The maximum absolute atomic E-state index is 13.4. The van der Waals surface area contributed by atoms with E-state index in [0.29, 0.717) is 0 Å². The average Bonchev–Trinajstić information content (AvgIpc) is 2.69. The first-order chi connectivity index (χ1) is 8.52. The monoisotopic (exact) mass is 456 g/mol. The molecular formula is C12H8Br3FOS. The summed E-state index contributed by atoms with van der Waals surface area (Å²) in [6, 6.07) is 6.90. The number of halogens is 4. The highest BCUT2D eigenvalue weighted by molar-refractivity contribution is 9.13. The van der Waals surface area contributed by atoms with Crippen LogP contribution in [0, 0.1) is 5.82 Å². The fourth-order valence-electron chi connectivity index (χ4n) is 1.49. The van der Waals surface area contributed by atoms with Crippen LogP contribution in [0.25, 0.3) is 0 Å². The third kappa shape index (κ3) is 2.98. The normalized spacial score (nSPS) is 12.5. The third-order valence-electron chi connectivity index (χ3n) is 2.38. The zero-order valence-corrected chi connectivity index (χ0v) is 14.8. The number of benzene rings is 1. The molecule has 0 aliphatic heterocycles. The predicted octanol–water partition coefficient (Wildman–Crippen LogP) is 5.91. The Morgan fingerprint density at radius 2 is 2.00 bits per heavy atom. The number of methoxy groups -OCH3 is 1. The fraction of sp³-hybridized carbons (Fsp3) is 0.167. The highest BCUT2D eigenvalue weighted by atomic mass is 79.9. The molecule has 1 unspecified atom stereocenters. The second kappa shape index (κ2) is 6.03. The van der Waals surface area contributed by atoms with Crippen LogP contribution in [0.15, 0.2) is 32.5 Å². The SMILES string of the molecule is COc1cc(C(Br)c2cc(Br)c(Br)s2)ccc1F. The summed E-state index contributed by atoms with van der Waals surface area (Å²) in [4.78, 5) is 1.14. The van der Waals surface area contributed by atoms with E-state index in [1.165, 1.54) is 13.2 Å². The van der Waals surface area contributed by atoms with Crippen LogP contribution in [0.4, 0.5) is 4.39 Å². The Hall–Kier alpha value is 0.0900. The molecule has 6 heteroatoms. The Morgan fingerprint density at radius 1 is 1.28 bits per heavy atom. The molecule has 1 heterocycles. The Balaban J connectivity index is 2.36. The van der Waals surface area contributed by atoms with E-state index in [1.807, 2.05) is 6.07 Å². The molecule has 0 aliphatic carbocycles. The molecule has 0 bridgehead atoms. The van der Waals surface area contributed by atoms with Gasteiger partial charge in [-0.3, -0.25) is 0 Å². The Bertz CT molecular complexity index is 551. The summed E-state index contributed by atoms with van der Waals surface area (Å²) in [6.07, 6.45) is 0. The zero-order valence-electron chi connectivity index (χ0n) is 9.22. The Labute approximate surface area is 134 Å². The lowest BCUT2D eigenvalue weighted by Crippen LogP contribution is -1.94. The molecule has 0 radical (unpaired) electrons. The van der Waals surface area contributed by atoms with Crippen LogP contribution in [0.5, 0.6) is 5.75 Å². The van der Waals surface area contributed by atoms with Crippen molar-refractivity contribution in [1.82, 2.24) is 0 Å². The first kappa shape index (κ1) is 14.5. The quantitative estimate of drug-likeness (QED) is 0.520. The van der Waals surface area contributed by atoms with Crippen LogP contribution in [0.3, 0.4) is 0 Å². The van der Waals surface area contributed by atoms with Gasteiger partial charge in [0.25, 0.3) is 0 Å². The van der Waals surface area contributed by atoms with E-state index < -0.39 is 0 Å². The second-order valence-corrected chi connectivity index (χ2v) is 7.70. The summed E-state index contributed by atoms with van der Waals surface area (Å²) in [7, 11) is 1.46. The molecule has 1 nitrogen and oxygen atoms in total. The van der Waals surface area contributed by atoms with Gasteiger partial charge in [-0.05, 0) is 55.6 Å². The summed E-state index contributed by atoms with van der Waals surface area (Å²) in [5, 5.41) is 0. The molecule has 0 spiro atoms. The lowest BCUT2D eigenvalue weighted by atomic mass is 10.1. The molecule has 1 aromatic heterocycles. The number of alkyl halides is 1. The molecule has 0 fully saturated rings. The maximum atomic E-state index is 13.4. The van der Waals surface area contributed by atoms with Crippen LogP contribution in [-0.4, -0.2) is 7.11 Å². The van der Waals surface area contributed by atoms with Gasteiger partial charge in [0.2, 0.25) is 0 Å². The number of rotatable bonds is 3. The molecule has 0 N–H and O–H groups in total. The lowest BCUT2D eigenvalue weighted by Gasteiger charge is -2.10. The van der Waals surface area contributed by atoms with Gasteiger partial charge >= 0.3 is 0 Å². The first-order valence-electron chi connectivity index (χ1n) is 4.95. The maximum Gasteiger partial charge on any atom is 0.165 e. The van der Waals surface area contributed by atoms with Gasteiger partial charge in [-0.1, -0.05) is 22.0 Å². The van der Waals surface area contributed by atoms with Crippen LogP contribution >= 0.6 is 59.1 Å². The number of ether oxygens (including phenoxy) is 1. The van der Waals surface area contributed by atoms with E-state index in [4.69, 9.17) is 4.74 Å². The topological polar surface area (TPSA) is 9.23 Å². The van der Waals surface area contributed by atoms with Crippen molar-refractivity contribution in [3.05, 3.63) is 48.8 Å². The van der Waals surface area contributed by atoms with Crippen molar-refractivity contribution in [2.24, 2.45) is 0 Å². The van der Waals surface area contributed by atoms with Crippen LogP contribution in [0.1, 0.15) is 15.3 Å². The van der Waals surface area contributed by atoms with Crippen LogP contribution < -0.4 is 4.74 Å². The molecule has 1 atom stereocenters. The summed E-state index contributed by atoms with van der Waals surface area (Å²) in [5.74, 6) is -0.0962. The minimum atomic E-state index is -0.352. The molecule has 0 saturated carbocycles. The third-order valence-corrected chi connectivity index (χ3v) is 7.03. The molecule has 2 rings (SSSR count). The lowest BCUT2D eigenvalue weighted by molar-refractivity contribution is 0.386. The standard InChI is InChI=1S/C12H8Br3FOS/c1-17-9-4-6(2-3-8(9)16)11(14)10-5-7(13)12(15)18-10/h2-5,11H,1H3. The van der Waals surface area contributed by atoms with E-state index in [0.717, 1.165) is 18.7 Å². The highest BCUT2D eigenvalue weighted by Gasteiger charge is 2.16. The predicted molar refractivity (Wildman–Crippen MR) is 83.4 cm³/mol. The van der Waals surface area contributed by atoms with Gasteiger partial charge in [0.15, 0.2) is 11.6 Å². The summed E-state index contributed by atoms with van der Waals surface area (Å²) in [5.41, 5.74) is 0.953. The zero-order chi connectivity index (χ0) is 13.3. The van der Waals surface area contributed by atoms with Gasteiger partial charge in [-0.15, -0.1) is 11.3 Å². The van der Waals surface area contributed by atoms with Crippen LogP contribution in [-0.2, 0) is 0 Å². The Kier molecular flexibility index (Phi) is 4.86. The molecule has 96 valence electrons. The van der Waals surface area contributed by atoms with Gasteiger partial charge in [0.05, 0.1) is 15.7 Å². The van der Waals surface area contributed by atoms with E-state index in [-0.39, 0.29) is 16.4 Å². The van der Waals surface area contributed by atoms with Crippen LogP contribution in [0.2, 0.25) is 0 Å². The van der Waals surface area contributed by atoms with Crippen molar-refractivity contribution < 1.29 is 9.13 Å². The number of hydrogen-bond acceptors (Lipinski definition) is 2. The molecule has 2 aromatic rings. The first-order valence-corrected chi connectivity index (χ1v) is 8.27. The number of hydrogen-bond donors (Lipinski definition) is 0. The summed E-state index contributed by atoms with van der Waals surface area (Å²) >= 11 is 12.2. The van der Waals surface area contributed by atoms with Crippen molar-refractivity contribution in [1.29, 1.82) is 0 Å². The molecule has 0 amide bonds. The smallest absolute Gasteiger partial charge is 0.165 e. The minimum Gasteiger partial charge on any atom is -0.494 e. The minimum absolute atomic E-state index is 0.0135. The van der Waals surface area contributed by atoms with Gasteiger partial charge in [-0.2, -0.15) is 0 Å². The van der Waals surface area contributed by atoms with Crippen molar-refractivity contribution in [3.63, 3.8) is 0 Å². The molecular weight excluding hydrogens is 451 g/mol. The largest absolute Gasteiger partial charge is 0.494 e. The van der Waals surface area contributed by atoms with E-state index in [1.54, 1.807) is 23.5 Å². The molecule has 0 saturated heterocycles. The van der Waals surface area contributed by atoms with Gasteiger partial charge in [0, 0.05) is 9.35 Å². The van der Waals surface area contributed by atoms with E-state index >= 15 is 0 Å². The highest BCUT2D eigenvalue weighted by Crippen LogP contribution is 2.42. The van der Waals surface area contributed by atoms with Crippen molar-refractivity contribution in [2.75, 3.05) is 7.11 Å². The summed E-state index contributed by atoms with van der Waals surface area (Å²) in [6.45, 7) is 0. The van der Waals surface area contributed by atoms with Crippen molar-refractivity contribution in [2.45, 2.75) is 4.83 Å². The Morgan fingerprint density at radius 3 is 2.56 bits per heavy atom. The van der Waals surface area contributed by atoms with Gasteiger partial charge in [-0.25, -0.2) is 4.39 Å². The van der Waals surface area contributed by atoms with Gasteiger partial charge < -0.3 is 4.74 Å². The fourth-order valence-corrected chi connectivity index (χ4v) is 4.28. The number of thiophene rings is 1. The van der Waals surface area contributed by atoms with E-state index in [9.17, 15) is 4.39 Å². The van der Waals surface area contributed by atoms with E-state index in [2.05, 4.69) is 47.8 Å². The van der Waals surface area contributed by atoms with Gasteiger partial charge in [0.1, 0.15) is 0 Å². The second-order valence-electron chi connectivity index (χ2n) is 3.53.